The van der Waals surface area contributed by atoms with E-state index in [1.54, 1.807) is 12.3 Å². The molecule has 0 aliphatic heterocycles. The van der Waals surface area contributed by atoms with Crippen molar-refractivity contribution < 1.29 is 9.53 Å². The van der Waals surface area contributed by atoms with Crippen molar-refractivity contribution in [2.24, 2.45) is 7.05 Å². The summed E-state index contributed by atoms with van der Waals surface area (Å²) in [7, 11) is 1.88. The van der Waals surface area contributed by atoms with Crippen LogP contribution in [-0.2, 0) is 7.05 Å². The maximum atomic E-state index is 11.8. The molecule has 18 heavy (non-hydrogen) atoms. The van der Waals surface area contributed by atoms with E-state index < -0.39 is 0 Å². The summed E-state index contributed by atoms with van der Waals surface area (Å²) in [6.45, 7) is 0.0320. The lowest BCUT2D eigenvalue weighted by atomic mass is 10.2. The van der Waals surface area contributed by atoms with Crippen LogP contribution in [0.25, 0.3) is 0 Å². The molecule has 0 spiro atoms. The number of nitrogens with zero attached hydrogens (tertiary/aromatic N) is 1. The Bertz CT molecular complexity index is 578. The van der Waals surface area contributed by atoms with E-state index in [0.717, 1.165) is 8.95 Å². The maximum absolute atomic E-state index is 11.8. The Balaban J connectivity index is 2.01. The first-order valence-electron chi connectivity index (χ1n) is 5.29. The molecule has 1 heterocycles. The highest BCUT2D eigenvalue weighted by Crippen LogP contribution is 2.28. The second kappa shape index (κ2) is 5.71. The topological polar surface area (TPSA) is 31.2 Å². The van der Waals surface area contributed by atoms with Crippen LogP contribution in [0.4, 0.5) is 0 Å². The summed E-state index contributed by atoms with van der Waals surface area (Å²) in [6.07, 6.45) is 3.62. The number of hydrogen-bond acceptors (Lipinski definition) is 2. The Kier molecular flexibility index (Phi) is 4.24. The van der Waals surface area contributed by atoms with E-state index in [4.69, 9.17) is 4.74 Å². The lowest BCUT2D eigenvalue weighted by Crippen LogP contribution is -2.11. The summed E-state index contributed by atoms with van der Waals surface area (Å²) in [5.41, 5.74) is 0.658. The molecule has 3 nitrogen and oxygen atoms in total. The lowest BCUT2D eigenvalue weighted by molar-refractivity contribution is 0.0921. The summed E-state index contributed by atoms with van der Waals surface area (Å²) >= 11 is 6.75. The van der Waals surface area contributed by atoms with Gasteiger partial charge in [0.2, 0.25) is 5.78 Å². The summed E-state index contributed by atoms with van der Waals surface area (Å²) < 4.78 is 9.10. The van der Waals surface area contributed by atoms with Crippen LogP contribution in [-0.4, -0.2) is 17.0 Å². The average Bonchev–Trinajstić information content (AvgIpc) is 2.74. The fraction of sp³-hybridized carbons (Fsp3) is 0.154. The monoisotopic (exact) mass is 371 g/mol. The number of hydrogen-bond donors (Lipinski definition) is 0. The van der Waals surface area contributed by atoms with Gasteiger partial charge in [-0.3, -0.25) is 4.79 Å². The lowest BCUT2D eigenvalue weighted by Gasteiger charge is -2.07. The van der Waals surface area contributed by atoms with Crippen molar-refractivity contribution in [2.45, 2.75) is 0 Å². The smallest absolute Gasteiger partial charge is 0.201 e. The highest BCUT2D eigenvalue weighted by molar-refractivity contribution is 9.11. The van der Waals surface area contributed by atoms with Crippen LogP contribution in [0.1, 0.15) is 10.4 Å². The van der Waals surface area contributed by atoms with Crippen LogP contribution >= 0.6 is 31.9 Å². The summed E-state index contributed by atoms with van der Waals surface area (Å²) in [5, 5.41) is 0. The molecule has 0 unspecified atom stereocenters. The van der Waals surface area contributed by atoms with Crippen molar-refractivity contribution in [3.05, 3.63) is 51.2 Å². The first kappa shape index (κ1) is 13.4. The number of ether oxygens (including phenoxy) is 1. The van der Waals surface area contributed by atoms with Gasteiger partial charge < -0.3 is 9.30 Å². The van der Waals surface area contributed by atoms with E-state index in [2.05, 4.69) is 31.9 Å². The molecule has 5 heteroatoms. The van der Waals surface area contributed by atoms with Gasteiger partial charge in [-0.05, 0) is 40.2 Å². The molecule has 0 radical (unpaired) electrons. The van der Waals surface area contributed by atoms with Crippen molar-refractivity contribution >= 4 is 37.6 Å². The number of rotatable bonds is 4. The number of aryl methyl sites for hydroxylation is 1. The Morgan fingerprint density at radius 3 is 2.72 bits per heavy atom. The third kappa shape index (κ3) is 3.23. The molecule has 0 fully saturated rings. The van der Waals surface area contributed by atoms with Crippen molar-refractivity contribution in [2.75, 3.05) is 6.61 Å². The van der Waals surface area contributed by atoms with Gasteiger partial charge in [-0.15, -0.1) is 0 Å². The Labute approximate surface area is 122 Å². The van der Waals surface area contributed by atoms with Crippen LogP contribution in [0, 0.1) is 0 Å². The van der Waals surface area contributed by atoms with Gasteiger partial charge >= 0.3 is 0 Å². The van der Waals surface area contributed by atoms with Gasteiger partial charge in [0.15, 0.2) is 6.61 Å². The van der Waals surface area contributed by atoms with E-state index >= 15 is 0 Å². The zero-order valence-electron chi connectivity index (χ0n) is 9.69. The zero-order chi connectivity index (χ0) is 13.1. The normalized spacial score (nSPS) is 10.4. The van der Waals surface area contributed by atoms with Gasteiger partial charge in [-0.2, -0.15) is 0 Å². The Morgan fingerprint density at radius 2 is 2.11 bits per heavy atom. The minimum absolute atomic E-state index is 0.0320. The number of carbonyl (C=O) groups excluding carboxylic acids is 1. The van der Waals surface area contributed by atoms with Gasteiger partial charge in [-0.25, -0.2) is 0 Å². The van der Waals surface area contributed by atoms with E-state index in [0.29, 0.717) is 11.3 Å². The first-order valence-corrected chi connectivity index (χ1v) is 6.88. The SMILES string of the molecule is Cn1ccc(C(=O)COc2ccc(Br)cc2Br)c1. The van der Waals surface area contributed by atoms with Gasteiger partial charge in [0, 0.05) is 29.5 Å². The number of Topliss-reactive ketones (excluding diaryl/α,β-unsaturated/α-hetero) is 1. The molecular weight excluding hydrogens is 362 g/mol. The van der Waals surface area contributed by atoms with E-state index in [1.807, 2.05) is 36.0 Å². The van der Waals surface area contributed by atoms with Crippen molar-refractivity contribution in [3.8, 4) is 5.75 Å². The fourth-order valence-corrected chi connectivity index (χ4v) is 2.65. The van der Waals surface area contributed by atoms with Gasteiger partial charge in [0.1, 0.15) is 5.75 Å². The molecule has 0 bridgehead atoms. The zero-order valence-corrected chi connectivity index (χ0v) is 12.9. The summed E-state index contributed by atoms with van der Waals surface area (Å²) in [4.78, 5) is 11.8. The molecule has 0 aliphatic rings. The minimum Gasteiger partial charge on any atom is -0.484 e. The molecule has 1 aromatic carbocycles. The van der Waals surface area contributed by atoms with Gasteiger partial charge in [0.05, 0.1) is 4.47 Å². The van der Waals surface area contributed by atoms with Crippen LogP contribution in [0.3, 0.4) is 0 Å². The van der Waals surface area contributed by atoms with E-state index in [1.165, 1.54) is 0 Å². The third-order valence-corrected chi connectivity index (χ3v) is 3.52. The Morgan fingerprint density at radius 1 is 1.33 bits per heavy atom. The number of benzene rings is 1. The molecule has 0 saturated carbocycles. The third-order valence-electron chi connectivity index (χ3n) is 2.41. The largest absolute Gasteiger partial charge is 0.484 e. The second-order valence-electron chi connectivity index (χ2n) is 3.85. The predicted octanol–water partition coefficient (Wildman–Crippen LogP) is 3.81. The van der Waals surface area contributed by atoms with Crippen molar-refractivity contribution in [1.82, 2.24) is 4.57 Å². The molecule has 0 N–H and O–H groups in total. The Hall–Kier alpha value is -1.07. The average molecular weight is 373 g/mol. The molecule has 0 amide bonds. The molecule has 2 aromatic rings. The molecular formula is C13H11Br2NO2. The molecule has 2 rings (SSSR count). The van der Waals surface area contributed by atoms with Crippen molar-refractivity contribution in [1.29, 1.82) is 0 Å². The number of carbonyl (C=O) groups is 1. The van der Waals surface area contributed by atoms with E-state index in [-0.39, 0.29) is 12.4 Å². The fourth-order valence-electron chi connectivity index (χ4n) is 1.49. The highest BCUT2D eigenvalue weighted by Gasteiger charge is 2.09. The van der Waals surface area contributed by atoms with Crippen LogP contribution in [0.15, 0.2) is 45.6 Å². The second-order valence-corrected chi connectivity index (χ2v) is 5.62. The number of aromatic nitrogens is 1. The standard InChI is InChI=1S/C13H11Br2NO2/c1-16-5-4-9(7-16)12(17)8-18-13-3-2-10(14)6-11(13)15/h2-7H,8H2,1H3. The quantitative estimate of drug-likeness (QED) is 0.764. The van der Waals surface area contributed by atoms with E-state index in [9.17, 15) is 4.79 Å². The maximum Gasteiger partial charge on any atom is 0.201 e. The van der Waals surface area contributed by atoms with Crippen LogP contribution in [0.2, 0.25) is 0 Å². The first-order chi connectivity index (χ1) is 8.56. The van der Waals surface area contributed by atoms with Crippen LogP contribution < -0.4 is 4.74 Å². The highest BCUT2D eigenvalue weighted by atomic mass is 79.9. The molecule has 1 aromatic heterocycles. The van der Waals surface area contributed by atoms with Crippen molar-refractivity contribution in [3.63, 3.8) is 0 Å². The molecule has 0 atom stereocenters. The minimum atomic E-state index is -0.0366. The number of halogens is 2. The molecule has 94 valence electrons. The van der Waals surface area contributed by atoms with Crippen LogP contribution in [0.5, 0.6) is 5.75 Å². The summed E-state index contributed by atoms with van der Waals surface area (Å²) in [5.74, 6) is 0.618. The van der Waals surface area contributed by atoms with Gasteiger partial charge in [-0.1, -0.05) is 15.9 Å². The molecule has 0 aliphatic carbocycles. The molecule has 0 saturated heterocycles. The predicted molar refractivity (Wildman–Crippen MR) is 77.1 cm³/mol. The van der Waals surface area contributed by atoms with Gasteiger partial charge in [0.25, 0.3) is 0 Å². The number of ketones is 1. The summed E-state index contributed by atoms with van der Waals surface area (Å²) in [6, 6.07) is 7.34.